The van der Waals surface area contributed by atoms with Crippen LogP contribution in [0.2, 0.25) is 0 Å². The minimum absolute atomic E-state index is 0.498. The lowest BCUT2D eigenvalue weighted by Gasteiger charge is -2.01. The number of rotatable bonds is 3. The van der Waals surface area contributed by atoms with Gasteiger partial charge in [0, 0.05) is 6.20 Å². The van der Waals surface area contributed by atoms with Crippen molar-refractivity contribution in [2.45, 2.75) is 6.92 Å². The van der Waals surface area contributed by atoms with E-state index in [9.17, 15) is 4.79 Å². The van der Waals surface area contributed by atoms with Crippen molar-refractivity contribution in [3.8, 4) is 5.75 Å². The van der Waals surface area contributed by atoms with Gasteiger partial charge in [0.1, 0.15) is 5.75 Å². The van der Waals surface area contributed by atoms with Crippen LogP contribution in [-0.2, 0) is 0 Å². The minimum Gasteiger partial charge on any atom is -0.410 e. The lowest BCUT2D eigenvalue weighted by molar-refractivity contribution is 0.204. The van der Waals surface area contributed by atoms with Gasteiger partial charge < -0.3 is 4.74 Å². The van der Waals surface area contributed by atoms with Gasteiger partial charge in [-0.1, -0.05) is 30.4 Å². The summed E-state index contributed by atoms with van der Waals surface area (Å²) in [6.45, 7) is 1.90. The highest BCUT2D eigenvalue weighted by Crippen LogP contribution is 2.07. The molecule has 1 amide bonds. The summed E-state index contributed by atoms with van der Waals surface area (Å²) in [5, 5.41) is 2.47. The van der Waals surface area contributed by atoms with Crippen LogP contribution in [0.4, 0.5) is 4.79 Å². The van der Waals surface area contributed by atoms with Gasteiger partial charge in [-0.05, 0) is 25.1 Å². The fourth-order valence-corrected chi connectivity index (χ4v) is 0.908. The van der Waals surface area contributed by atoms with Crippen LogP contribution in [0.1, 0.15) is 6.92 Å². The highest BCUT2D eigenvalue weighted by molar-refractivity contribution is 5.71. The zero-order valence-electron chi connectivity index (χ0n) is 8.51. The first-order chi connectivity index (χ1) is 7.33. The number of para-hydroxylation sites is 1. The molecule has 78 valence electrons. The first kappa shape index (κ1) is 11.0. The second-order valence-corrected chi connectivity index (χ2v) is 2.73. The normalized spacial score (nSPS) is 10.7. The van der Waals surface area contributed by atoms with Crippen molar-refractivity contribution >= 4 is 6.09 Å². The largest absolute Gasteiger partial charge is 0.416 e. The summed E-state index contributed by atoms with van der Waals surface area (Å²) in [4.78, 5) is 11.2. The van der Waals surface area contributed by atoms with E-state index in [0.717, 1.165) is 0 Å². The molecule has 3 nitrogen and oxygen atoms in total. The van der Waals surface area contributed by atoms with Crippen LogP contribution in [-0.4, -0.2) is 6.09 Å². The van der Waals surface area contributed by atoms with Crippen LogP contribution in [0, 0.1) is 0 Å². The second-order valence-electron chi connectivity index (χ2n) is 2.73. The Morgan fingerprint density at radius 3 is 2.67 bits per heavy atom. The molecule has 0 aromatic heterocycles. The second kappa shape index (κ2) is 6.43. The van der Waals surface area contributed by atoms with Gasteiger partial charge in [-0.25, -0.2) is 4.79 Å². The molecule has 0 saturated carbocycles. The van der Waals surface area contributed by atoms with E-state index in [0.29, 0.717) is 5.75 Å². The third-order valence-corrected chi connectivity index (χ3v) is 1.55. The predicted octanol–water partition coefficient (Wildman–Crippen LogP) is 2.86. The predicted molar refractivity (Wildman–Crippen MR) is 59.6 cm³/mol. The number of benzene rings is 1. The van der Waals surface area contributed by atoms with Gasteiger partial charge in [-0.3, -0.25) is 5.32 Å². The van der Waals surface area contributed by atoms with Crippen LogP contribution in [0.25, 0.3) is 0 Å². The summed E-state index contributed by atoms with van der Waals surface area (Å²) in [5.74, 6) is 0.523. The van der Waals surface area contributed by atoms with E-state index in [-0.39, 0.29) is 0 Å². The molecule has 0 aliphatic carbocycles. The molecule has 0 aliphatic rings. The van der Waals surface area contributed by atoms with Crippen molar-refractivity contribution in [1.29, 1.82) is 0 Å². The lowest BCUT2D eigenvalue weighted by Crippen LogP contribution is -2.21. The minimum atomic E-state index is -0.498. The molecule has 0 aliphatic heterocycles. The Bertz CT molecular complexity index is 355. The molecule has 0 heterocycles. The summed E-state index contributed by atoms with van der Waals surface area (Å²) >= 11 is 0. The summed E-state index contributed by atoms with van der Waals surface area (Å²) in [6.07, 6.45) is 6.41. The molecular weight excluding hydrogens is 190 g/mol. The summed E-state index contributed by atoms with van der Waals surface area (Å²) in [6, 6.07) is 8.90. The molecule has 15 heavy (non-hydrogen) atoms. The number of amides is 1. The number of carbonyl (C=O) groups excluding carboxylic acids is 1. The van der Waals surface area contributed by atoms with Crippen LogP contribution in [0.3, 0.4) is 0 Å². The number of hydrogen-bond acceptors (Lipinski definition) is 2. The Hall–Kier alpha value is -2.03. The van der Waals surface area contributed by atoms with Crippen molar-refractivity contribution in [1.82, 2.24) is 5.32 Å². The number of nitrogens with one attached hydrogen (secondary N) is 1. The fraction of sp³-hybridized carbons (Fsp3) is 0.0833. The third-order valence-electron chi connectivity index (χ3n) is 1.55. The van der Waals surface area contributed by atoms with Crippen LogP contribution < -0.4 is 10.1 Å². The van der Waals surface area contributed by atoms with E-state index in [4.69, 9.17) is 4.74 Å². The maximum Gasteiger partial charge on any atom is 0.416 e. The Balaban J connectivity index is 2.37. The number of carbonyl (C=O) groups is 1. The molecule has 1 aromatic rings. The number of ether oxygens (including phenoxy) is 1. The summed E-state index contributed by atoms with van der Waals surface area (Å²) in [7, 11) is 0. The highest BCUT2D eigenvalue weighted by Gasteiger charge is 1.99. The van der Waals surface area contributed by atoms with Gasteiger partial charge >= 0.3 is 6.09 Å². The maximum atomic E-state index is 11.2. The summed E-state index contributed by atoms with van der Waals surface area (Å²) in [5.41, 5.74) is 0. The molecule has 0 atom stereocenters. The zero-order chi connectivity index (χ0) is 10.9. The fourth-order valence-electron chi connectivity index (χ4n) is 0.908. The van der Waals surface area contributed by atoms with E-state index in [1.165, 1.54) is 6.20 Å². The molecule has 0 bridgehead atoms. The third kappa shape index (κ3) is 4.67. The van der Waals surface area contributed by atoms with E-state index in [1.807, 2.05) is 25.1 Å². The maximum absolute atomic E-state index is 11.2. The molecule has 3 heteroatoms. The molecule has 0 saturated heterocycles. The molecule has 0 unspecified atom stereocenters. The van der Waals surface area contributed by atoms with Gasteiger partial charge in [-0.15, -0.1) is 0 Å². The molecule has 1 N–H and O–H groups in total. The van der Waals surface area contributed by atoms with E-state index in [1.54, 1.807) is 30.3 Å². The number of hydrogen-bond donors (Lipinski definition) is 1. The van der Waals surface area contributed by atoms with Crippen LogP contribution in [0.15, 0.2) is 54.8 Å². The van der Waals surface area contributed by atoms with Crippen LogP contribution >= 0.6 is 0 Å². The molecular formula is C12H13NO2. The Morgan fingerprint density at radius 1 is 1.27 bits per heavy atom. The van der Waals surface area contributed by atoms with Gasteiger partial charge in [-0.2, -0.15) is 0 Å². The van der Waals surface area contributed by atoms with E-state index < -0.39 is 6.09 Å². The molecule has 0 radical (unpaired) electrons. The molecule has 0 spiro atoms. The Kier molecular flexibility index (Phi) is 4.73. The van der Waals surface area contributed by atoms with Gasteiger partial charge in [0.05, 0.1) is 0 Å². The van der Waals surface area contributed by atoms with Gasteiger partial charge in [0.2, 0.25) is 0 Å². The first-order valence-corrected chi connectivity index (χ1v) is 4.64. The monoisotopic (exact) mass is 203 g/mol. The standard InChI is InChI=1S/C12H13NO2/c1-2-3-7-10-13-12(14)15-11-8-5-4-6-9-11/h2-10H,1H3,(H,13,14)/b3-2+,10-7+. The highest BCUT2D eigenvalue weighted by atomic mass is 16.5. The smallest absolute Gasteiger partial charge is 0.410 e. The van der Waals surface area contributed by atoms with Crippen molar-refractivity contribution in [3.63, 3.8) is 0 Å². The Labute approximate surface area is 89.1 Å². The van der Waals surface area contributed by atoms with Crippen molar-refractivity contribution < 1.29 is 9.53 Å². The molecule has 0 fully saturated rings. The average Bonchev–Trinajstić information content (AvgIpc) is 2.26. The quantitative estimate of drug-likeness (QED) is 0.767. The van der Waals surface area contributed by atoms with Crippen LogP contribution in [0.5, 0.6) is 5.75 Å². The SMILES string of the molecule is C/C=C/C=C/NC(=O)Oc1ccccc1. The van der Waals surface area contributed by atoms with Crippen molar-refractivity contribution in [2.75, 3.05) is 0 Å². The number of allylic oxidation sites excluding steroid dienone is 3. The van der Waals surface area contributed by atoms with Gasteiger partial charge in [0.15, 0.2) is 0 Å². The lowest BCUT2D eigenvalue weighted by atomic mass is 10.3. The van der Waals surface area contributed by atoms with Crippen molar-refractivity contribution in [3.05, 3.63) is 54.8 Å². The molecule has 1 aromatic carbocycles. The Morgan fingerprint density at radius 2 is 2.00 bits per heavy atom. The van der Waals surface area contributed by atoms with E-state index in [2.05, 4.69) is 5.32 Å². The van der Waals surface area contributed by atoms with E-state index >= 15 is 0 Å². The van der Waals surface area contributed by atoms with Gasteiger partial charge in [0.25, 0.3) is 0 Å². The topological polar surface area (TPSA) is 38.3 Å². The molecule has 1 rings (SSSR count). The zero-order valence-corrected chi connectivity index (χ0v) is 8.51. The van der Waals surface area contributed by atoms with Crippen molar-refractivity contribution in [2.24, 2.45) is 0 Å². The first-order valence-electron chi connectivity index (χ1n) is 4.64. The average molecular weight is 203 g/mol. The summed E-state index contributed by atoms with van der Waals surface area (Å²) < 4.78 is 4.97.